The summed E-state index contributed by atoms with van der Waals surface area (Å²) >= 11 is 0. The second-order valence-electron chi connectivity index (χ2n) is 5.90. The van der Waals surface area contributed by atoms with Gasteiger partial charge < -0.3 is 5.32 Å². The lowest BCUT2D eigenvalue weighted by atomic mass is 9.80. The predicted molar refractivity (Wildman–Crippen MR) is 71.8 cm³/mol. The number of halogens is 1. The summed E-state index contributed by atoms with van der Waals surface area (Å²) in [6, 6.07) is 7.49. The van der Waals surface area contributed by atoms with E-state index in [-0.39, 0.29) is 11.9 Å². The minimum Gasteiger partial charge on any atom is -0.310 e. The van der Waals surface area contributed by atoms with Gasteiger partial charge in [-0.05, 0) is 49.6 Å². The van der Waals surface area contributed by atoms with Crippen molar-refractivity contribution in [1.29, 1.82) is 0 Å². The van der Waals surface area contributed by atoms with E-state index in [1.54, 1.807) is 12.1 Å². The quantitative estimate of drug-likeness (QED) is 0.850. The Labute approximate surface area is 109 Å². The predicted octanol–water partition coefficient (Wildman–Crippen LogP) is 3.91. The third-order valence-corrected chi connectivity index (χ3v) is 4.89. The summed E-state index contributed by atoms with van der Waals surface area (Å²) in [4.78, 5) is 0. The first-order chi connectivity index (χ1) is 8.79. The zero-order valence-electron chi connectivity index (χ0n) is 11.0. The summed E-state index contributed by atoms with van der Waals surface area (Å²) in [5.41, 5.74) is 0.872. The highest BCUT2D eigenvalue weighted by molar-refractivity contribution is 5.23. The lowest BCUT2D eigenvalue weighted by molar-refractivity contribution is 0.249. The minimum atomic E-state index is -0.0498. The normalized spacial score (nSPS) is 31.8. The average molecular weight is 247 g/mol. The number of rotatable bonds is 4. The third-order valence-electron chi connectivity index (χ3n) is 4.89. The molecule has 2 aliphatic carbocycles. The van der Waals surface area contributed by atoms with Gasteiger partial charge in [-0.25, -0.2) is 4.39 Å². The van der Waals surface area contributed by atoms with Gasteiger partial charge in [0.05, 0.1) is 0 Å². The number of fused-ring (bicyclic) bond motifs is 2. The van der Waals surface area contributed by atoms with E-state index >= 15 is 0 Å². The number of benzene rings is 1. The number of nitrogens with one attached hydrogen (secondary N) is 1. The molecule has 1 aromatic carbocycles. The van der Waals surface area contributed by atoms with Crippen LogP contribution in [0.5, 0.6) is 0 Å². The van der Waals surface area contributed by atoms with Crippen LogP contribution in [0.1, 0.15) is 44.2 Å². The Morgan fingerprint density at radius 1 is 1.28 bits per heavy atom. The van der Waals surface area contributed by atoms with Crippen molar-refractivity contribution < 1.29 is 4.39 Å². The van der Waals surface area contributed by atoms with Crippen LogP contribution in [0.15, 0.2) is 24.3 Å². The highest BCUT2D eigenvalue weighted by Gasteiger charge is 2.43. The molecule has 0 aromatic heterocycles. The molecule has 0 amide bonds. The molecular formula is C16H22FN. The van der Waals surface area contributed by atoms with Crippen LogP contribution in [0.2, 0.25) is 0 Å². The fraction of sp³-hybridized carbons (Fsp3) is 0.625. The molecule has 1 N–H and O–H groups in total. The van der Waals surface area contributed by atoms with Gasteiger partial charge in [0.15, 0.2) is 0 Å². The van der Waals surface area contributed by atoms with Gasteiger partial charge in [0, 0.05) is 11.6 Å². The van der Waals surface area contributed by atoms with Gasteiger partial charge in [-0.2, -0.15) is 0 Å². The summed E-state index contributed by atoms with van der Waals surface area (Å²) in [6.45, 7) is 3.02. The second kappa shape index (κ2) is 5.00. The molecule has 98 valence electrons. The van der Waals surface area contributed by atoms with Crippen LogP contribution in [0, 0.1) is 23.6 Å². The third kappa shape index (κ3) is 2.07. The molecule has 2 saturated carbocycles. The van der Waals surface area contributed by atoms with Gasteiger partial charge in [-0.3, -0.25) is 0 Å². The molecule has 0 aliphatic heterocycles. The van der Waals surface area contributed by atoms with Gasteiger partial charge in [0.25, 0.3) is 0 Å². The van der Waals surface area contributed by atoms with Crippen molar-refractivity contribution in [3.63, 3.8) is 0 Å². The molecule has 0 radical (unpaired) electrons. The van der Waals surface area contributed by atoms with E-state index in [0.29, 0.717) is 5.92 Å². The zero-order chi connectivity index (χ0) is 12.5. The minimum absolute atomic E-state index is 0.0498. The Hall–Kier alpha value is -0.890. The smallest absolute Gasteiger partial charge is 0.127 e. The summed E-state index contributed by atoms with van der Waals surface area (Å²) < 4.78 is 14.0. The summed E-state index contributed by atoms with van der Waals surface area (Å²) in [5, 5.41) is 3.53. The van der Waals surface area contributed by atoms with E-state index in [2.05, 4.69) is 12.2 Å². The van der Waals surface area contributed by atoms with Gasteiger partial charge in [0.1, 0.15) is 5.82 Å². The van der Waals surface area contributed by atoms with Crippen LogP contribution in [0.3, 0.4) is 0 Å². The number of hydrogen-bond acceptors (Lipinski definition) is 1. The van der Waals surface area contributed by atoms with Crippen molar-refractivity contribution in [3.8, 4) is 0 Å². The van der Waals surface area contributed by atoms with Crippen molar-refractivity contribution in [2.24, 2.45) is 17.8 Å². The van der Waals surface area contributed by atoms with E-state index in [9.17, 15) is 4.39 Å². The topological polar surface area (TPSA) is 12.0 Å². The largest absolute Gasteiger partial charge is 0.310 e. The molecule has 4 unspecified atom stereocenters. The molecule has 3 rings (SSSR count). The molecule has 1 aromatic rings. The molecule has 0 spiro atoms. The van der Waals surface area contributed by atoms with Gasteiger partial charge in [0.2, 0.25) is 0 Å². The first-order valence-electron chi connectivity index (χ1n) is 7.27. The molecule has 0 heterocycles. The lowest BCUT2D eigenvalue weighted by Crippen LogP contribution is -2.32. The monoisotopic (exact) mass is 247 g/mol. The van der Waals surface area contributed by atoms with Crippen molar-refractivity contribution in [1.82, 2.24) is 5.32 Å². The van der Waals surface area contributed by atoms with Crippen molar-refractivity contribution in [2.75, 3.05) is 6.54 Å². The maximum Gasteiger partial charge on any atom is 0.127 e. The molecule has 4 atom stereocenters. The van der Waals surface area contributed by atoms with Crippen LogP contribution in [-0.2, 0) is 0 Å². The maximum absolute atomic E-state index is 14.0. The fourth-order valence-electron chi connectivity index (χ4n) is 4.14. The number of hydrogen-bond donors (Lipinski definition) is 1. The van der Waals surface area contributed by atoms with Crippen LogP contribution >= 0.6 is 0 Å². The highest BCUT2D eigenvalue weighted by atomic mass is 19.1. The van der Waals surface area contributed by atoms with Crippen LogP contribution in [0.4, 0.5) is 4.39 Å². The van der Waals surface area contributed by atoms with Crippen molar-refractivity contribution in [3.05, 3.63) is 35.6 Å². The zero-order valence-corrected chi connectivity index (χ0v) is 11.0. The van der Waals surface area contributed by atoms with E-state index in [1.807, 2.05) is 12.1 Å². The van der Waals surface area contributed by atoms with Crippen molar-refractivity contribution >= 4 is 0 Å². The first-order valence-corrected chi connectivity index (χ1v) is 7.27. The van der Waals surface area contributed by atoms with E-state index in [0.717, 1.165) is 23.9 Å². The molecule has 1 nitrogen and oxygen atoms in total. The maximum atomic E-state index is 14.0. The Balaban J connectivity index is 1.86. The first kappa shape index (κ1) is 12.2. The summed E-state index contributed by atoms with van der Waals surface area (Å²) in [6.07, 6.45) is 5.42. The molecule has 2 bridgehead atoms. The van der Waals surface area contributed by atoms with Crippen molar-refractivity contribution in [2.45, 2.75) is 38.6 Å². The average Bonchev–Trinajstić information content (AvgIpc) is 2.99. The SMILES string of the molecule is CCNC(c1ccccc1F)C1CC2CCC1C2. The van der Waals surface area contributed by atoms with E-state index in [4.69, 9.17) is 0 Å². The molecule has 0 saturated heterocycles. The van der Waals surface area contributed by atoms with E-state index < -0.39 is 0 Å². The summed E-state index contributed by atoms with van der Waals surface area (Å²) in [7, 11) is 0. The standard InChI is InChI=1S/C16H22FN/c1-2-18-16(13-5-3-4-6-15(13)17)14-10-11-7-8-12(14)9-11/h3-6,11-12,14,16,18H,2,7-10H2,1H3. The summed E-state index contributed by atoms with van der Waals surface area (Å²) in [5.74, 6) is 2.32. The Morgan fingerprint density at radius 3 is 2.72 bits per heavy atom. The Kier molecular flexibility index (Phi) is 3.38. The van der Waals surface area contributed by atoms with Crippen LogP contribution in [-0.4, -0.2) is 6.54 Å². The molecule has 2 heteroatoms. The molecule has 2 aliphatic rings. The fourth-order valence-corrected chi connectivity index (χ4v) is 4.14. The highest BCUT2D eigenvalue weighted by Crippen LogP contribution is 2.52. The van der Waals surface area contributed by atoms with Crippen LogP contribution < -0.4 is 5.32 Å². The lowest BCUT2D eigenvalue weighted by Gasteiger charge is -2.31. The Bertz CT molecular complexity index is 417. The molecule has 2 fully saturated rings. The van der Waals surface area contributed by atoms with Gasteiger partial charge in [-0.15, -0.1) is 0 Å². The van der Waals surface area contributed by atoms with Gasteiger partial charge >= 0.3 is 0 Å². The molecular weight excluding hydrogens is 225 g/mol. The van der Waals surface area contributed by atoms with Gasteiger partial charge in [-0.1, -0.05) is 31.5 Å². The Morgan fingerprint density at radius 2 is 2.11 bits per heavy atom. The van der Waals surface area contributed by atoms with E-state index in [1.165, 1.54) is 25.7 Å². The second-order valence-corrected chi connectivity index (χ2v) is 5.90. The molecule has 18 heavy (non-hydrogen) atoms. The van der Waals surface area contributed by atoms with Crippen LogP contribution in [0.25, 0.3) is 0 Å².